The van der Waals surface area contributed by atoms with Gasteiger partial charge in [-0.25, -0.2) is 4.98 Å². The molecule has 35 heavy (non-hydrogen) atoms. The number of rotatable bonds is 6. The molecule has 6 rings (SSSR count). The van der Waals surface area contributed by atoms with Crippen LogP contribution in [-0.2, 0) is 19.9 Å². The third-order valence-electron chi connectivity index (χ3n) is 6.84. The third kappa shape index (κ3) is 4.44. The van der Waals surface area contributed by atoms with Crippen LogP contribution >= 0.6 is 11.8 Å². The van der Waals surface area contributed by atoms with Crippen LogP contribution in [0.15, 0.2) is 58.4 Å². The van der Waals surface area contributed by atoms with E-state index in [9.17, 15) is 0 Å². The molecule has 0 N–H and O–H groups in total. The number of thioether (sulfide) groups is 1. The van der Waals surface area contributed by atoms with E-state index in [0.29, 0.717) is 0 Å². The van der Waals surface area contributed by atoms with Crippen molar-refractivity contribution in [2.45, 2.75) is 31.3 Å². The van der Waals surface area contributed by atoms with Gasteiger partial charge in [0.15, 0.2) is 23.0 Å². The van der Waals surface area contributed by atoms with E-state index in [2.05, 4.69) is 60.9 Å². The molecule has 0 fully saturated rings. The first-order valence-corrected chi connectivity index (χ1v) is 13.1. The van der Waals surface area contributed by atoms with Gasteiger partial charge in [-0.15, -0.1) is 10.2 Å². The Bertz CT molecular complexity index is 1460. The minimum Gasteiger partial charge on any atom is -0.443 e. The van der Waals surface area contributed by atoms with Gasteiger partial charge in [0.05, 0.1) is 5.52 Å². The van der Waals surface area contributed by atoms with Crippen LogP contribution in [0.2, 0.25) is 0 Å². The zero-order valence-corrected chi connectivity index (χ0v) is 20.9. The van der Waals surface area contributed by atoms with Crippen molar-refractivity contribution in [3.63, 3.8) is 0 Å². The lowest BCUT2D eigenvalue weighted by Gasteiger charge is -2.19. The number of aromatic nitrogens is 5. The molecule has 0 atom stereocenters. The molecule has 0 amide bonds. The van der Waals surface area contributed by atoms with E-state index in [-0.39, 0.29) is 0 Å². The quantitative estimate of drug-likeness (QED) is 0.246. The van der Waals surface area contributed by atoms with Crippen molar-refractivity contribution < 1.29 is 4.42 Å². The first-order chi connectivity index (χ1) is 17.2. The summed E-state index contributed by atoms with van der Waals surface area (Å²) in [4.78, 5) is 11.5. The van der Waals surface area contributed by atoms with Gasteiger partial charge in [-0.3, -0.25) is 4.98 Å². The maximum absolute atomic E-state index is 5.49. The maximum atomic E-state index is 5.49. The molecule has 0 unspecified atom stereocenters. The van der Waals surface area contributed by atoms with E-state index >= 15 is 0 Å². The zero-order chi connectivity index (χ0) is 23.8. The Hall–Kier alpha value is -3.23. The lowest BCUT2D eigenvalue weighted by Crippen LogP contribution is -2.27. The highest BCUT2D eigenvalue weighted by Crippen LogP contribution is 2.29. The molecule has 4 heterocycles. The average Bonchev–Trinajstić information content (AvgIpc) is 3.41. The van der Waals surface area contributed by atoms with Crippen LogP contribution in [0, 0.1) is 6.92 Å². The summed E-state index contributed by atoms with van der Waals surface area (Å²) in [5.41, 5.74) is 7.75. The molecule has 8 heteroatoms. The van der Waals surface area contributed by atoms with Gasteiger partial charge in [0, 0.05) is 42.5 Å². The van der Waals surface area contributed by atoms with Crippen molar-refractivity contribution in [3.8, 4) is 11.4 Å². The molecule has 1 aliphatic heterocycles. The Labute approximate surface area is 208 Å². The Balaban J connectivity index is 1.06. The third-order valence-corrected chi connectivity index (χ3v) is 7.95. The van der Waals surface area contributed by atoms with Gasteiger partial charge in [0.25, 0.3) is 0 Å². The van der Waals surface area contributed by atoms with Gasteiger partial charge in [-0.1, -0.05) is 30.0 Å². The first kappa shape index (κ1) is 22.2. The average molecular weight is 485 g/mol. The predicted octanol–water partition coefficient (Wildman–Crippen LogP) is 5.06. The summed E-state index contributed by atoms with van der Waals surface area (Å²) in [5, 5.41) is 11.1. The number of pyridine rings is 1. The van der Waals surface area contributed by atoms with Crippen LogP contribution < -0.4 is 0 Å². The Morgan fingerprint density at radius 2 is 1.86 bits per heavy atom. The fraction of sp³-hybridized carbons (Fsp3) is 0.333. The topological polar surface area (TPSA) is 72.9 Å². The van der Waals surface area contributed by atoms with Gasteiger partial charge >= 0.3 is 0 Å². The van der Waals surface area contributed by atoms with Crippen LogP contribution in [-0.4, -0.2) is 55.0 Å². The fourth-order valence-corrected chi connectivity index (χ4v) is 5.76. The highest BCUT2D eigenvalue weighted by molar-refractivity contribution is 7.99. The number of aryl methyl sites for hydroxylation is 1. The summed E-state index contributed by atoms with van der Waals surface area (Å²) in [6.07, 6.45) is 4.78. The zero-order valence-electron chi connectivity index (χ0n) is 20.1. The van der Waals surface area contributed by atoms with Crippen molar-refractivity contribution in [1.82, 2.24) is 29.6 Å². The lowest BCUT2D eigenvalue weighted by atomic mass is 10.0. The SMILES string of the molecule is Cc1ccc2c(-c3nnc(SCCCN4CCc5cc6ncoc6cc5CC4)n3C)cccc2n1. The maximum Gasteiger partial charge on any atom is 0.191 e. The molecule has 5 aromatic rings. The summed E-state index contributed by atoms with van der Waals surface area (Å²) in [6.45, 7) is 5.28. The normalized spacial score (nSPS) is 14.5. The number of fused-ring (bicyclic) bond motifs is 3. The standard InChI is InChI=1S/C27H28N6OS/c1-18-7-8-21-22(5-3-6-23(21)29-18)26-30-31-27(32(26)2)35-14-4-11-33-12-9-19-15-24-25(34-17-28-24)16-20(19)10-13-33/h3,5-8,15-17H,4,9-14H2,1-2H3. The van der Waals surface area contributed by atoms with E-state index in [4.69, 9.17) is 4.42 Å². The number of oxazole rings is 1. The van der Waals surface area contributed by atoms with Crippen LogP contribution in [0.5, 0.6) is 0 Å². The van der Waals surface area contributed by atoms with Crippen molar-refractivity contribution in [2.75, 3.05) is 25.4 Å². The molecule has 0 aliphatic carbocycles. The smallest absolute Gasteiger partial charge is 0.191 e. The number of hydrogen-bond donors (Lipinski definition) is 0. The van der Waals surface area contributed by atoms with Gasteiger partial charge in [0.2, 0.25) is 0 Å². The minimum atomic E-state index is 0.884. The summed E-state index contributed by atoms with van der Waals surface area (Å²) in [7, 11) is 2.05. The van der Waals surface area contributed by atoms with E-state index in [1.54, 1.807) is 11.8 Å². The molecule has 0 saturated heterocycles. The van der Waals surface area contributed by atoms with Gasteiger partial charge in [-0.2, -0.15) is 0 Å². The molecule has 3 aromatic heterocycles. The van der Waals surface area contributed by atoms with Crippen LogP contribution in [0.1, 0.15) is 23.2 Å². The van der Waals surface area contributed by atoms with Crippen molar-refractivity contribution in [2.24, 2.45) is 7.05 Å². The molecule has 2 aromatic carbocycles. The van der Waals surface area contributed by atoms with E-state index < -0.39 is 0 Å². The molecular formula is C27H28N6OS. The van der Waals surface area contributed by atoms with E-state index in [1.165, 1.54) is 17.5 Å². The fourth-order valence-electron chi connectivity index (χ4n) is 4.93. The summed E-state index contributed by atoms with van der Waals surface area (Å²) in [6, 6.07) is 14.7. The Morgan fingerprint density at radius 1 is 1.00 bits per heavy atom. The molecule has 0 spiro atoms. The van der Waals surface area contributed by atoms with Crippen molar-refractivity contribution in [3.05, 3.63) is 65.7 Å². The molecule has 7 nitrogen and oxygen atoms in total. The molecule has 0 radical (unpaired) electrons. The largest absolute Gasteiger partial charge is 0.443 e. The second-order valence-corrected chi connectivity index (χ2v) is 10.2. The van der Waals surface area contributed by atoms with Crippen molar-refractivity contribution in [1.29, 1.82) is 0 Å². The van der Waals surface area contributed by atoms with E-state index in [0.717, 1.165) is 88.9 Å². The lowest BCUT2D eigenvalue weighted by molar-refractivity contribution is 0.289. The molecule has 178 valence electrons. The summed E-state index contributed by atoms with van der Waals surface area (Å²) >= 11 is 1.78. The number of hydrogen-bond acceptors (Lipinski definition) is 7. The van der Waals surface area contributed by atoms with Crippen LogP contribution in [0.25, 0.3) is 33.4 Å². The second kappa shape index (κ2) is 9.43. The second-order valence-electron chi connectivity index (χ2n) is 9.17. The van der Waals surface area contributed by atoms with Crippen molar-refractivity contribution >= 4 is 33.8 Å². The Morgan fingerprint density at radius 3 is 2.74 bits per heavy atom. The predicted molar refractivity (Wildman–Crippen MR) is 140 cm³/mol. The molecule has 0 saturated carbocycles. The van der Waals surface area contributed by atoms with Gasteiger partial charge in [0.1, 0.15) is 5.52 Å². The number of nitrogens with zero attached hydrogens (tertiary/aromatic N) is 6. The summed E-state index contributed by atoms with van der Waals surface area (Å²) < 4.78 is 7.60. The van der Waals surface area contributed by atoms with E-state index in [1.807, 2.05) is 25.1 Å². The van der Waals surface area contributed by atoms with Gasteiger partial charge in [-0.05, 0) is 68.1 Å². The van der Waals surface area contributed by atoms with Crippen LogP contribution in [0.4, 0.5) is 0 Å². The monoisotopic (exact) mass is 484 g/mol. The number of benzene rings is 2. The molecule has 1 aliphatic rings. The molecule has 0 bridgehead atoms. The highest BCUT2D eigenvalue weighted by atomic mass is 32.2. The summed E-state index contributed by atoms with van der Waals surface area (Å²) in [5.74, 6) is 1.90. The van der Waals surface area contributed by atoms with Gasteiger partial charge < -0.3 is 13.9 Å². The minimum absolute atomic E-state index is 0.884. The van der Waals surface area contributed by atoms with Crippen LogP contribution in [0.3, 0.4) is 0 Å². The first-order valence-electron chi connectivity index (χ1n) is 12.1. The Kier molecular flexibility index (Phi) is 6.00. The molecular weight excluding hydrogens is 456 g/mol. The highest BCUT2D eigenvalue weighted by Gasteiger charge is 2.17.